The topological polar surface area (TPSA) is 172 Å². The van der Waals surface area contributed by atoms with Crippen LogP contribution in [0.4, 0.5) is 43.9 Å². The lowest BCUT2D eigenvalue weighted by molar-refractivity contribution is -0.186. The van der Waals surface area contributed by atoms with Gasteiger partial charge in [0.1, 0.15) is 11.4 Å². The van der Waals surface area contributed by atoms with Gasteiger partial charge in [0.25, 0.3) is 0 Å². The Morgan fingerprint density at radius 1 is 0.667 bits per heavy atom. The second-order valence-electron chi connectivity index (χ2n) is 7.03. The Hall–Kier alpha value is -4.18. The lowest BCUT2D eigenvalue weighted by Gasteiger charge is -2.42. The van der Waals surface area contributed by atoms with Crippen LogP contribution in [0.25, 0.3) is 20.9 Å². The molecule has 0 saturated heterocycles. The lowest BCUT2D eigenvalue weighted by Crippen LogP contribution is -2.55. The number of rotatable bonds is 7. The molecule has 2 rings (SSSR count). The van der Waals surface area contributed by atoms with E-state index in [4.69, 9.17) is 11.1 Å². The number of alkyl halides is 4. The van der Waals surface area contributed by atoms with E-state index in [9.17, 15) is 63.7 Å². The van der Waals surface area contributed by atoms with Gasteiger partial charge in [-0.1, -0.05) is 10.2 Å². The fraction of sp³-hybridized carbons (Fsp3) is 0.375. The molecule has 0 spiro atoms. The fourth-order valence-corrected chi connectivity index (χ4v) is 3.57. The molecule has 0 aromatic heterocycles. The molecule has 0 bridgehead atoms. The molecule has 20 heteroatoms. The van der Waals surface area contributed by atoms with Gasteiger partial charge in [0.2, 0.25) is 0 Å². The van der Waals surface area contributed by atoms with Gasteiger partial charge in [0.15, 0.2) is 45.8 Å². The molecule has 0 heterocycles. The van der Waals surface area contributed by atoms with Crippen LogP contribution in [-0.4, -0.2) is 34.0 Å². The maximum absolute atomic E-state index is 14.8. The van der Waals surface area contributed by atoms with Gasteiger partial charge in [-0.3, -0.25) is 9.59 Å². The van der Waals surface area contributed by atoms with Crippen LogP contribution >= 0.6 is 0 Å². The van der Waals surface area contributed by atoms with Gasteiger partial charge in [0, 0.05) is 9.82 Å². The number of hydrogen-bond donors (Lipinski definition) is 2. The Morgan fingerprint density at radius 2 is 0.944 bits per heavy atom. The Labute approximate surface area is 189 Å². The number of hydrogen-bond acceptors (Lipinski definition) is 4. The third-order valence-corrected chi connectivity index (χ3v) is 5.48. The van der Waals surface area contributed by atoms with Crippen molar-refractivity contribution in [1.82, 2.24) is 0 Å². The summed E-state index contributed by atoms with van der Waals surface area (Å²) in [4.78, 5) is 26.7. The molecule has 2 N–H and O–H groups in total. The molecule has 2 atom stereocenters. The zero-order valence-corrected chi connectivity index (χ0v) is 16.6. The first kappa shape index (κ1) is 28.1. The van der Waals surface area contributed by atoms with E-state index in [1.54, 1.807) is 9.82 Å². The monoisotopic (exact) mass is 536 g/mol. The molecule has 0 saturated carbocycles. The number of halogens is 10. The van der Waals surface area contributed by atoms with Gasteiger partial charge in [-0.05, 0) is 23.9 Å². The third-order valence-electron chi connectivity index (χ3n) is 5.48. The maximum atomic E-state index is 14.8. The van der Waals surface area contributed by atoms with Gasteiger partial charge in [-0.15, -0.1) is 0 Å². The summed E-state index contributed by atoms with van der Waals surface area (Å²) in [6, 6.07) is 0. The first-order valence-corrected chi connectivity index (χ1v) is 8.70. The molecule has 0 amide bonds. The van der Waals surface area contributed by atoms with Crippen LogP contribution in [-0.2, 0) is 9.59 Å². The zero-order valence-electron chi connectivity index (χ0n) is 16.6. The third kappa shape index (κ3) is 3.29. The first-order chi connectivity index (χ1) is 16.4. The van der Waals surface area contributed by atoms with Crippen LogP contribution < -0.4 is 0 Å². The smallest absolute Gasteiger partial charge is 0.323 e. The number of allylic oxidation sites excluding steroid dienone is 4. The molecule has 194 valence electrons. The summed E-state index contributed by atoms with van der Waals surface area (Å²) in [5.74, 6) is -36.6. The van der Waals surface area contributed by atoms with Crippen molar-refractivity contribution in [3.63, 3.8) is 0 Å². The Morgan fingerprint density at radius 3 is 1.17 bits per heavy atom. The van der Waals surface area contributed by atoms with Gasteiger partial charge < -0.3 is 10.2 Å². The minimum Gasteiger partial charge on any atom is -0.480 e. The number of azide groups is 2. The molecule has 0 fully saturated rings. The highest BCUT2D eigenvalue weighted by Crippen LogP contribution is 2.62. The lowest BCUT2D eigenvalue weighted by atomic mass is 9.65. The van der Waals surface area contributed by atoms with Crippen molar-refractivity contribution in [2.24, 2.45) is 21.1 Å². The number of carbonyl (C=O) groups is 2. The highest BCUT2D eigenvalue weighted by molar-refractivity contribution is 5.84. The quantitative estimate of drug-likeness (QED) is 0.164. The van der Waals surface area contributed by atoms with Crippen molar-refractivity contribution >= 4 is 11.9 Å². The summed E-state index contributed by atoms with van der Waals surface area (Å²) in [7, 11) is 0. The van der Waals surface area contributed by atoms with E-state index in [1.165, 1.54) is 0 Å². The molecule has 0 aromatic carbocycles. The van der Waals surface area contributed by atoms with E-state index >= 15 is 0 Å². The Kier molecular flexibility index (Phi) is 6.86. The van der Waals surface area contributed by atoms with Crippen molar-refractivity contribution in [1.29, 1.82) is 0 Å². The molecule has 10 nitrogen and oxygen atoms in total. The van der Waals surface area contributed by atoms with Crippen LogP contribution in [0.1, 0.15) is 12.8 Å². The molecule has 0 radical (unpaired) electrons. The van der Waals surface area contributed by atoms with Crippen molar-refractivity contribution in [2.75, 3.05) is 0 Å². The van der Waals surface area contributed by atoms with E-state index < -0.39 is 93.8 Å². The molecule has 0 aliphatic heterocycles. The molecule has 2 unspecified atom stereocenters. The van der Waals surface area contributed by atoms with Crippen molar-refractivity contribution in [2.45, 2.75) is 24.7 Å². The number of aliphatic carboxylic acids is 2. The van der Waals surface area contributed by atoms with E-state index in [-0.39, 0.29) is 0 Å². The Balaban J connectivity index is 2.86. The van der Waals surface area contributed by atoms with Crippen molar-refractivity contribution < 1.29 is 63.7 Å². The van der Waals surface area contributed by atoms with E-state index in [0.717, 1.165) is 0 Å². The summed E-state index contributed by atoms with van der Waals surface area (Å²) >= 11 is 0. The average molecular weight is 536 g/mol. The van der Waals surface area contributed by atoms with Crippen LogP contribution in [0.5, 0.6) is 0 Å². The van der Waals surface area contributed by atoms with Crippen LogP contribution in [0.15, 0.2) is 56.6 Å². The second kappa shape index (κ2) is 8.80. The second-order valence-corrected chi connectivity index (χ2v) is 7.03. The van der Waals surface area contributed by atoms with Gasteiger partial charge in [-0.2, -0.15) is 17.6 Å². The summed E-state index contributed by atoms with van der Waals surface area (Å²) in [6.07, 6.45) is -5.25. The van der Waals surface area contributed by atoms with E-state index in [0.29, 0.717) is 0 Å². The minimum atomic E-state index is -5.81. The van der Waals surface area contributed by atoms with Crippen LogP contribution in [0, 0.1) is 10.8 Å². The number of nitrogens with zero attached hydrogens (tertiary/aromatic N) is 6. The minimum absolute atomic E-state index is 1.72. The normalized spacial score (nSPS) is 27.5. The van der Waals surface area contributed by atoms with Gasteiger partial charge >= 0.3 is 23.8 Å². The Bertz CT molecular complexity index is 1200. The molecule has 2 aliphatic carbocycles. The predicted octanol–water partition coefficient (Wildman–Crippen LogP) is 6.49. The molecule has 2 aliphatic rings. The summed E-state index contributed by atoms with van der Waals surface area (Å²) < 4.78 is 145. The first-order valence-electron chi connectivity index (χ1n) is 8.70. The van der Waals surface area contributed by atoms with Gasteiger partial charge in [-0.25, -0.2) is 26.3 Å². The molecular weight excluding hydrogens is 530 g/mol. The molecule has 36 heavy (non-hydrogen) atoms. The van der Waals surface area contributed by atoms with Crippen molar-refractivity contribution in [3.8, 4) is 0 Å². The summed E-state index contributed by atoms with van der Waals surface area (Å²) in [5.41, 5.74) is 1.77. The molecular formula is C16H6F10N6O4. The highest BCUT2D eigenvalue weighted by atomic mass is 19.3. The number of carboxylic acids is 2. The molecule has 0 aromatic rings. The maximum Gasteiger partial charge on any atom is 0.323 e. The average Bonchev–Trinajstić information content (AvgIpc) is 2.79. The van der Waals surface area contributed by atoms with E-state index in [1.807, 2.05) is 0 Å². The summed E-state index contributed by atoms with van der Waals surface area (Å²) in [6.45, 7) is 0. The highest BCUT2D eigenvalue weighted by Gasteiger charge is 2.74. The van der Waals surface area contributed by atoms with E-state index in [2.05, 4.69) is 10.2 Å². The standard InChI is InChI=1S/C16H6F10N6O4/c17-3-5(29-31-27)9(21)15(23,24)13(7(3)19,11(33)34)1-2-14(12(35)36)8(20)4(18)6(30-32-28)10(22)16(14,25)26/h1-2H2,(H,33,34)(H,35,36). The van der Waals surface area contributed by atoms with Crippen LogP contribution in [0.3, 0.4) is 0 Å². The predicted molar refractivity (Wildman–Crippen MR) is 92.3 cm³/mol. The SMILES string of the molecule is [N-]=[N+]=NC1=C(F)C(F)(F)C(CCC2(C(=O)O)C(F)=C(F)C(N=[N+]=[N-])=C(F)C2(F)F)(C(=O)O)C(F)=C1F. The zero-order chi connectivity index (χ0) is 28.0. The summed E-state index contributed by atoms with van der Waals surface area (Å²) in [5, 5.41) is 22.7. The number of carboxylic acid groups (broad SMARTS) is 2. The largest absolute Gasteiger partial charge is 0.480 e. The van der Waals surface area contributed by atoms with Crippen LogP contribution in [0.2, 0.25) is 0 Å². The van der Waals surface area contributed by atoms with Gasteiger partial charge in [0.05, 0.1) is 0 Å². The fourth-order valence-electron chi connectivity index (χ4n) is 3.57. The van der Waals surface area contributed by atoms with Crippen molar-refractivity contribution in [3.05, 3.63) is 67.2 Å².